The molecule has 0 aliphatic heterocycles. The highest BCUT2D eigenvalue weighted by molar-refractivity contribution is 7.14. The van der Waals surface area contributed by atoms with Crippen molar-refractivity contribution >= 4 is 17.1 Å². The van der Waals surface area contributed by atoms with E-state index in [-0.39, 0.29) is 5.78 Å². The van der Waals surface area contributed by atoms with Crippen LogP contribution in [-0.4, -0.2) is 10.9 Å². The largest absolute Gasteiger partial charge is 0.507 e. The summed E-state index contributed by atoms with van der Waals surface area (Å²) in [5, 5.41) is 9.91. The number of aryl methyl sites for hydroxylation is 5. The Bertz CT molecular complexity index is 959. The average molecular weight is 379 g/mol. The van der Waals surface area contributed by atoms with E-state index in [1.54, 1.807) is 11.3 Å². The monoisotopic (exact) mass is 378 g/mol. The summed E-state index contributed by atoms with van der Waals surface area (Å²) in [6.07, 6.45) is 2.11. The molecule has 0 spiro atoms. The molecule has 0 unspecified atom stereocenters. The van der Waals surface area contributed by atoms with Gasteiger partial charge >= 0.3 is 0 Å². The second kappa shape index (κ2) is 8.10. The molecule has 1 N–H and O–H groups in total. The van der Waals surface area contributed by atoms with E-state index in [4.69, 9.17) is 0 Å². The lowest BCUT2D eigenvalue weighted by Gasteiger charge is -2.07. The van der Waals surface area contributed by atoms with Crippen LogP contribution in [0.15, 0.2) is 42.5 Å². The minimum Gasteiger partial charge on any atom is -0.507 e. The summed E-state index contributed by atoms with van der Waals surface area (Å²) in [6, 6.07) is 14.4. The van der Waals surface area contributed by atoms with Crippen LogP contribution in [0.25, 0.3) is 11.1 Å². The number of hydrogen-bond donors (Lipinski definition) is 1. The number of phenols is 1. The van der Waals surface area contributed by atoms with Crippen LogP contribution in [0.1, 0.15) is 50.1 Å². The fourth-order valence-electron chi connectivity index (χ4n) is 3.50. The number of hydrogen-bond acceptors (Lipinski definition) is 3. The molecule has 0 amide bonds. The molecule has 0 saturated carbocycles. The molecule has 0 fully saturated rings. The summed E-state index contributed by atoms with van der Waals surface area (Å²) in [5.74, 6) is 0.539. The van der Waals surface area contributed by atoms with Crippen LogP contribution in [0.5, 0.6) is 5.75 Å². The summed E-state index contributed by atoms with van der Waals surface area (Å²) in [4.78, 5) is 14.9. The molecule has 0 aliphatic rings. The number of carbonyl (C=O) groups excluding carboxylic acids is 1. The number of aromatic hydroxyl groups is 1. The van der Waals surface area contributed by atoms with Gasteiger partial charge in [-0.15, -0.1) is 11.3 Å². The molecule has 2 aromatic carbocycles. The van der Waals surface area contributed by atoms with E-state index in [0.717, 1.165) is 28.0 Å². The maximum Gasteiger partial charge on any atom is 0.173 e. The van der Waals surface area contributed by atoms with E-state index in [9.17, 15) is 9.90 Å². The molecule has 3 rings (SSSR count). The van der Waals surface area contributed by atoms with Crippen LogP contribution in [0.4, 0.5) is 0 Å². The van der Waals surface area contributed by atoms with Gasteiger partial charge in [-0.1, -0.05) is 43.3 Å². The number of Topliss-reactive ketones (excluding diaryl/α,β-unsaturated/α-hetero) is 1. The molecule has 2 nitrogen and oxygen atoms in total. The Morgan fingerprint density at radius 2 is 1.63 bits per heavy atom. The zero-order valence-electron chi connectivity index (χ0n) is 16.4. The maximum absolute atomic E-state index is 12.8. The third-order valence-electron chi connectivity index (χ3n) is 5.03. The molecule has 0 radical (unpaired) electrons. The molecular weight excluding hydrogens is 352 g/mol. The van der Waals surface area contributed by atoms with Gasteiger partial charge in [0.15, 0.2) is 5.78 Å². The highest BCUT2D eigenvalue weighted by Gasteiger charge is 2.16. The first-order chi connectivity index (χ1) is 12.9. The SMILES string of the molecule is CCc1sc(C(=O)CCc2cc(C)c(O)c(C)c2)cc1-c1ccccc1C. The summed E-state index contributed by atoms with van der Waals surface area (Å²) in [6.45, 7) is 8.05. The van der Waals surface area contributed by atoms with E-state index >= 15 is 0 Å². The summed E-state index contributed by atoms with van der Waals surface area (Å²) < 4.78 is 0. The smallest absolute Gasteiger partial charge is 0.173 e. The van der Waals surface area contributed by atoms with Crippen LogP contribution < -0.4 is 0 Å². The second-order valence-electron chi connectivity index (χ2n) is 7.12. The van der Waals surface area contributed by atoms with Crippen LogP contribution in [0.2, 0.25) is 0 Å². The lowest BCUT2D eigenvalue weighted by molar-refractivity contribution is 0.0986. The predicted molar refractivity (Wildman–Crippen MR) is 114 cm³/mol. The second-order valence-corrected chi connectivity index (χ2v) is 8.25. The van der Waals surface area contributed by atoms with E-state index in [1.165, 1.54) is 21.6 Å². The molecule has 0 saturated heterocycles. The minimum atomic E-state index is 0.193. The van der Waals surface area contributed by atoms with E-state index in [2.05, 4.69) is 38.1 Å². The highest BCUT2D eigenvalue weighted by atomic mass is 32.1. The fourth-order valence-corrected chi connectivity index (χ4v) is 4.58. The lowest BCUT2D eigenvalue weighted by Crippen LogP contribution is -1.99. The van der Waals surface area contributed by atoms with Gasteiger partial charge in [-0.05, 0) is 73.1 Å². The average Bonchev–Trinajstić information content (AvgIpc) is 3.08. The van der Waals surface area contributed by atoms with E-state index in [0.29, 0.717) is 18.6 Å². The van der Waals surface area contributed by atoms with Crippen molar-refractivity contribution in [2.75, 3.05) is 0 Å². The number of phenolic OH excluding ortho intramolecular Hbond substituents is 1. The zero-order chi connectivity index (χ0) is 19.6. The summed E-state index contributed by atoms with van der Waals surface area (Å²) >= 11 is 1.63. The standard InChI is InChI=1S/C24H26O2S/c1-5-22-20(19-9-7-6-8-15(19)2)14-23(27-22)21(25)11-10-18-12-16(3)24(26)17(4)13-18/h6-9,12-14,26H,5,10-11H2,1-4H3. The van der Waals surface area contributed by atoms with Crippen LogP contribution in [0, 0.1) is 20.8 Å². The molecule has 140 valence electrons. The Morgan fingerprint density at radius 3 is 2.26 bits per heavy atom. The number of ketones is 1. The van der Waals surface area contributed by atoms with E-state index < -0.39 is 0 Å². The topological polar surface area (TPSA) is 37.3 Å². The van der Waals surface area contributed by atoms with Crippen LogP contribution >= 0.6 is 11.3 Å². The third kappa shape index (κ3) is 4.14. The predicted octanol–water partition coefficient (Wildman–Crippen LogP) is 6.42. The Labute approximate surface area is 165 Å². The molecule has 1 aromatic heterocycles. The van der Waals surface area contributed by atoms with Crippen LogP contribution in [0.3, 0.4) is 0 Å². The van der Waals surface area contributed by atoms with Gasteiger partial charge < -0.3 is 5.11 Å². The van der Waals surface area contributed by atoms with Gasteiger partial charge in [0.2, 0.25) is 0 Å². The van der Waals surface area contributed by atoms with Gasteiger partial charge in [0.25, 0.3) is 0 Å². The molecule has 0 bridgehead atoms. The molecule has 1 heterocycles. The van der Waals surface area contributed by atoms with Crippen molar-refractivity contribution in [3.05, 3.63) is 74.5 Å². The summed E-state index contributed by atoms with van der Waals surface area (Å²) in [7, 11) is 0. The maximum atomic E-state index is 12.8. The van der Waals surface area contributed by atoms with Crippen molar-refractivity contribution in [1.29, 1.82) is 0 Å². The highest BCUT2D eigenvalue weighted by Crippen LogP contribution is 2.34. The summed E-state index contributed by atoms with van der Waals surface area (Å²) in [5.41, 5.74) is 6.48. The van der Waals surface area contributed by atoms with Crippen molar-refractivity contribution in [3.8, 4) is 16.9 Å². The van der Waals surface area contributed by atoms with Crippen molar-refractivity contribution < 1.29 is 9.90 Å². The Morgan fingerprint density at radius 1 is 0.963 bits per heavy atom. The van der Waals surface area contributed by atoms with Gasteiger partial charge in [0.1, 0.15) is 5.75 Å². The minimum absolute atomic E-state index is 0.193. The quantitative estimate of drug-likeness (QED) is 0.502. The van der Waals surface area contributed by atoms with Crippen molar-refractivity contribution in [1.82, 2.24) is 0 Å². The van der Waals surface area contributed by atoms with Crippen molar-refractivity contribution in [2.24, 2.45) is 0 Å². The Balaban J connectivity index is 1.81. The molecular formula is C24H26O2S. The molecule has 3 heteroatoms. The van der Waals surface area contributed by atoms with Crippen molar-refractivity contribution in [2.45, 2.75) is 47.0 Å². The van der Waals surface area contributed by atoms with E-state index in [1.807, 2.05) is 32.0 Å². The zero-order valence-corrected chi connectivity index (χ0v) is 17.2. The normalized spacial score (nSPS) is 11.0. The van der Waals surface area contributed by atoms with Gasteiger partial charge in [-0.25, -0.2) is 0 Å². The van der Waals surface area contributed by atoms with Crippen molar-refractivity contribution in [3.63, 3.8) is 0 Å². The first-order valence-electron chi connectivity index (χ1n) is 9.41. The molecule has 0 atom stereocenters. The Hall–Kier alpha value is -2.39. The molecule has 27 heavy (non-hydrogen) atoms. The van der Waals surface area contributed by atoms with Gasteiger partial charge in [0.05, 0.1) is 4.88 Å². The number of benzene rings is 2. The molecule has 3 aromatic rings. The number of carbonyl (C=O) groups is 1. The number of thiophene rings is 1. The van der Waals surface area contributed by atoms with Gasteiger partial charge in [0, 0.05) is 11.3 Å². The number of rotatable bonds is 6. The first kappa shape index (κ1) is 19.4. The molecule has 0 aliphatic carbocycles. The Kier molecular flexibility index (Phi) is 5.81. The first-order valence-corrected chi connectivity index (χ1v) is 10.2. The van der Waals surface area contributed by atoms with Crippen LogP contribution in [-0.2, 0) is 12.8 Å². The fraction of sp³-hybridized carbons (Fsp3) is 0.292. The van der Waals surface area contributed by atoms with Gasteiger partial charge in [-0.3, -0.25) is 4.79 Å². The lowest BCUT2D eigenvalue weighted by atomic mass is 9.98. The third-order valence-corrected chi connectivity index (χ3v) is 6.35. The van der Waals surface area contributed by atoms with Gasteiger partial charge in [-0.2, -0.15) is 0 Å².